The van der Waals surface area contributed by atoms with Gasteiger partial charge in [-0.3, -0.25) is 10.4 Å². The molecule has 2 aromatic carbocycles. The fraction of sp³-hybridized carbons (Fsp3) is 0.136. The van der Waals surface area contributed by atoms with Crippen molar-refractivity contribution in [3.63, 3.8) is 0 Å². The van der Waals surface area contributed by atoms with Crippen molar-refractivity contribution >= 4 is 22.8 Å². The first-order chi connectivity index (χ1) is 14.2. The number of hydrogen-bond acceptors (Lipinski definition) is 6. The van der Waals surface area contributed by atoms with E-state index in [0.29, 0.717) is 11.5 Å². The number of pyridine rings is 1. The molecule has 0 atom stereocenters. The zero-order valence-electron chi connectivity index (χ0n) is 16.5. The summed E-state index contributed by atoms with van der Waals surface area (Å²) in [5.41, 5.74) is 7.96. The first-order valence-corrected chi connectivity index (χ1v) is 9.08. The molecule has 0 fully saturated rings. The van der Waals surface area contributed by atoms with E-state index in [9.17, 15) is 0 Å². The molecule has 0 radical (unpaired) electrons. The van der Waals surface area contributed by atoms with Crippen LogP contribution in [-0.2, 0) is 0 Å². The van der Waals surface area contributed by atoms with Gasteiger partial charge in [-0.05, 0) is 42.3 Å². The molecule has 2 heterocycles. The van der Waals surface area contributed by atoms with Crippen molar-refractivity contribution in [3.05, 3.63) is 72.4 Å². The number of nitrogens with one attached hydrogen (secondary N) is 1. The standard InChI is InChI=1S/C22H21N5O2/c1-15-10-16(4-5-20(15)27-9-8-23-14-27)13-25-26-18-6-7-24-19-12-22(29-3)21(28-2)11-17(18)19/h4-14H,1-3H3,(H,24,26)/b25-13+. The van der Waals surface area contributed by atoms with Crippen LogP contribution in [0.25, 0.3) is 16.6 Å². The van der Waals surface area contributed by atoms with Crippen molar-refractivity contribution in [1.29, 1.82) is 0 Å². The van der Waals surface area contributed by atoms with E-state index in [1.54, 1.807) is 39.2 Å². The Morgan fingerprint density at radius 1 is 1.03 bits per heavy atom. The summed E-state index contributed by atoms with van der Waals surface area (Å²) in [7, 11) is 3.22. The van der Waals surface area contributed by atoms with Crippen molar-refractivity contribution in [2.75, 3.05) is 19.6 Å². The van der Waals surface area contributed by atoms with Gasteiger partial charge in [0.2, 0.25) is 0 Å². The van der Waals surface area contributed by atoms with Gasteiger partial charge in [-0.25, -0.2) is 4.98 Å². The van der Waals surface area contributed by atoms with Crippen LogP contribution in [0.4, 0.5) is 5.69 Å². The first kappa shape index (κ1) is 18.5. The monoisotopic (exact) mass is 387 g/mol. The number of hydrogen-bond donors (Lipinski definition) is 1. The highest BCUT2D eigenvalue weighted by atomic mass is 16.5. The van der Waals surface area contributed by atoms with Crippen molar-refractivity contribution in [2.45, 2.75) is 6.92 Å². The van der Waals surface area contributed by atoms with E-state index in [2.05, 4.69) is 39.6 Å². The van der Waals surface area contributed by atoms with Gasteiger partial charge in [0.25, 0.3) is 0 Å². The number of imidazole rings is 1. The molecule has 146 valence electrons. The molecule has 0 aliphatic carbocycles. The summed E-state index contributed by atoms with van der Waals surface area (Å²) < 4.78 is 12.7. The van der Waals surface area contributed by atoms with Crippen LogP contribution in [0.2, 0.25) is 0 Å². The van der Waals surface area contributed by atoms with E-state index in [-0.39, 0.29) is 0 Å². The lowest BCUT2D eigenvalue weighted by molar-refractivity contribution is 0.356. The van der Waals surface area contributed by atoms with E-state index in [1.165, 1.54) is 0 Å². The van der Waals surface area contributed by atoms with E-state index in [4.69, 9.17) is 9.47 Å². The zero-order chi connectivity index (χ0) is 20.2. The average Bonchev–Trinajstić information content (AvgIpc) is 3.27. The second-order valence-electron chi connectivity index (χ2n) is 6.47. The van der Waals surface area contributed by atoms with E-state index in [0.717, 1.165) is 33.4 Å². The van der Waals surface area contributed by atoms with Crippen LogP contribution >= 0.6 is 0 Å². The van der Waals surface area contributed by atoms with Gasteiger partial charge in [0.15, 0.2) is 11.5 Å². The predicted octanol–water partition coefficient (Wildman–Crippen LogP) is 4.19. The third-order valence-electron chi connectivity index (χ3n) is 4.65. The van der Waals surface area contributed by atoms with Crippen LogP contribution in [0.15, 0.2) is 66.4 Å². The smallest absolute Gasteiger partial charge is 0.162 e. The number of hydrazone groups is 1. The summed E-state index contributed by atoms with van der Waals surface area (Å²) in [5.74, 6) is 1.28. The van der Waals surface area contributed by atoms with Crippen molar-refractivity contribution < 1.29 is 9.47 Å². The topological polar surface area (TPSA) is 73.6 Å². The molecule has 4 aromatic rings. The summed E-state index contributed by atoms with van der Waals surface area (Å²) in [5, 5.41) is 5.30. The number of rotatable bonds is 6. The average molecular weight is 387 g/mol. The highest BCUT2D eigenvalue weighted by Crippen LogP contribution is 2.34. The molecule has 1 N–H and O–H groups in total. The predicted molar refractivity (Wildman–Crippen MR) is 114 cm³/mol. The minimum absolute atomic E-state index is 0.640. The van der Waals surface area contributed by atoms with Gasteiger partial charge in [-0.2, -0.15) is 5.10 Å². The molecule has 0 spiro atoms. The maximum atomic E-state index is 5.40. The fourth-order valence-corrected chi connectivity index (χ4v) is 3.20. The maximum Gasteiger partial charge on any atom is 0.162 e. The van der Waals surface area contributed by atoms with Gasteiger partial charge < -0.3 is 14.0 Å². The summed E-state index contributed by atoms with van der Waals surface area (Å²) in [6.45, 7) is 2.07. The van der Waals surface area contributed by atoms with Gasteiger partial charge in [0.1, 0.15) is 0 Å². The molecule has 7 heteroatoms. The largest absolute Gasteiger partial charge is 0.493 e. The summed E-state index contributed by atoms with van der Waals surface area (Å²) >= 11 is 0. The van der Waals surface area contributed by atoms with E-state index < -0.39 is 0 Å². The van der Waals surface area contributed by atoms with Gasteiger partial charge in [-0.15, -0.1) is 0 Å². The van der Waals surface area contributed by atoms with Crippen LogP contribution in [0, 0.1) is 6.92 Å². The number of fused-ring (bicyclic) bond motifs is 1. The number of nitrogens with zero attached hydrogens (tertiary/aromatic N) is 4. The molecule has 0 amide bonds. The Morgan fingerprint density at radius 2 is 1.86 bits per heavy atom. The third-order valence-corrected chi connectivity index (χ3v) is 4.65. The molecule has 7 nitrogen and oxygen atoms in total. The first-order valence-electron chi connectivity index (χ1n) is 9.08. The molecule has 0 unspecified atom stereocenters. The zero-order valence-corrected chi connectivity index (χ0v) is 16.5. The number of methoxy groups -OCH3 is 2. The van der Waals surface area contributed by atoms with Gasteiger partial charge in [-0.1, -0.05) is 6.07 Å². The quantitative estimate of drug-likeness (QED) is 0.397. The number of aryl methyl sites for hydroxylation is 1. The Hall–Kier alpha value is -3.87. The number of benzene rings is 2. The van der Waals surface area contributed by atoms with Crippen LogP contribution in [0.3, 0.4) is 0 Å². The van der Waals surface area contributed by atoms with Crippen molar-refractivity contribution in [3.8, 4) is 17.2 Å². The lowest BCUT2D eigenvalue weighted by Gasteiger charge is -2.11. The molecule has 29 heavy (non-hydrogen) atoms. The molecule has 2 aromatic heterocycles. The maximum absolute atomic E-state index is 5.40. The van der Waals surface area contributed by atoms with Crippen LogP contribution in [0.1, 0.15) is 11.1 Å². The van der Waals surface area contributed by atoms with Crippen LogP contribution in [-0.4, -0.2) is 35.0 Å². The summed E-state index contributed by atoms with van der Waals surface area (Å²) in [6, 6.07) is 11.8. The van der Waals surface area contributed by atoms with Crippen LogP contribution in [0.5, 0.6) is 11.5 Å². The molecule has 0 bridgehead atoms. The summed E-state index contributed by atoms with van der Waals surface area (Å²) in [4.78, 5) is 8.50. The number of anilines is 1. The highest BCUT2D eigenvalue weighted by Gasteiger charge is 2.09. The van der Waals surface area contributed by atoms with E-state index >= 15 is 0 Å². The second-order valence-corrected chi connectivity index (χ2v) is 6.47. The Morgan fingerprint density at radius 3 is 2.59 bits per heavy atom. The Balaban J connectivity index is 1.58. The SMILES string of the molecule is COc1cc2nccc(N/N=C/c3ccc(-n4ccnc4)c(C)c3)c2cc1OC. The molecule has 4 rings (SSSR count). The minimum atomic E-state index is 0.640. The number of aromatic nitrogens is 3. The lowest BCUT2D eigenvalue weighted by Crippen LogP contribution is -1.97. The lowest BCUT2D eigenvalue weighted by atomic mass is 10.1. The third kappa shape index (κ3) is 3.75. The van der Waals surface area contributed by atoms with Gasteiger partial charge in [0.05, 0.1) is 38.0 Å². The van der Waals surface area contributed by atoms with Crippen molar-refractivity contribution in [2.24, 2.45) is 5.10 Å². The normalized spacial score (nSPS) is 11.1. The second kappa shape index (κ2) is 8.02. The molecular formula is C22H21N5O2. The summed E-state index contributed by atoms with van der Waals surface area (Å²) in [6.07, 6.45) is 9.00. The van der Waals surface area contributed by atoms with Crippen LogP contribution < -0.4 is 14.9 Å². The molecule has 0 saturated heterocycles. The molecular weight excluding hydrogens is 366 g/mol. The fourth-order valence-electron chi connectivity index (χ4n) is 3.20. The molecule has 0 saturated carbocycles. The molecule has 0 aliphatic rings. The van der Waals surface area contributed by atoms with Gasteiger partial charge in [0, 0.05) is 35.7 Å². The van der Waals surface area contributed by atoms with Gasteiger partial charge >= 0.3 is 0 Å². The number of ether oxygens (including phenoxy) is 2. The Labute approximate surface area is 168 Å². The minimum Gasteiger partial charge on any atom is -0.493 e. The van der Waals surface area contributed by atoms with Crippen molar-refractivity contribution in [1.82, 2.24) is 14.5 Å². The molecule has 0 aliphatic heterocycles. The van der Waals surface area contributed by atoms with E-state index in [1.807, 2.05) is 35.0 Å². The Bertz CT molecular complexity index is 1170. The highest BCUT2D eigenvalue weighted by molar-refractivity contribution is 5.94. The Kier molecular flexibility index (Phi) is 5.11.